The van der Waals surface area contributed by atoms with Crippen LogP contribution in [0, 0.1) is 6.57 Å². The number of nitrogen functional groups attached to an aromatic ring is 2. The molecule has 0 saturated heterocycles. The second-order valence-electron chi connectivity index (χ2n) is 6.79. The molecule has 0 saturated carbocycles. The standard InChI is InChI=1S/C9H9N3.C6H8N2.C4H5NO.C4H9O.K.H3P/c10-9-6-7-12(11-9)8-4-2-1-3-5-8;7-8-6-4-2-1-3-5-6;1-5-3-4-6-2;1-4(2,3)5;;/h1-7H,(H2,10,11);1-5,8H,7H2;3-4H,2H3;1-3H3;;1H3/q;;;-1;+1;/b;;4-3+;;;. The Morgan fingerprint density at radius 1 is 1.06 bits per heavy atom. The van der Waals surface area contributed by atoms with E-state index in [1.54, 1.807) is 31.5 Å². The molecule has 1 unspecified atom stereocenters. The molecule has 0 aliphatic heterocycles. The molecule has 0 bridgehead atoms. The average Bonchev–Trinajstić information content (AvgIpc) is 3.19. The van der Waals surface area contributed by atoms with Crippen LogP contribution in [0.5, 0.6) is 0 Å². The van der Waals surface area contributed by atoms with Gasteiger partial charge in [0, 0.05) is 18.0 Å². The number of para-hydroxylation sites is 2. The molecule has 3 rings (SSSR count). The summed E-state index contributed by atoms with van der Waals surface area (Å²) in [7, 11) is 1.50. The van der Waals surface area contributed by atoms with Gasteiger partial charge in [-0.2, -0.15) is 15.0 Å². The van der Waals surface area contributed by atoms with E-state index in [1.807, 2.05) is 66.9 Å². The number of hydrogen-bond acceptors (Lipinski definition) is 6. The zero-order valence-electron chi connectivity index (χ0n) is 20.1. The van der Waals surface area contributed by atoms with Crippen molar-refractivity contribution in [3.05, 3.63) is 96.8 Å². The maximum Gasteiger partial charge on any atom is 1.00 e. The van der Waals surface area contributed by atoms with Crippen LogP contribution in [0.25, 0.3) is 10.5 Å². The van der Waals surface area contributed by atoms with Crippen molar-refractivity contribution < 1.29 is 61.2 Å². The van der Waals surface area contributed by atoms with Crippen molar-refractivity contribution in [2.45, 2.75) is 26.4 Å². The molecule has 0 amide bonds. The Kier molecular flexibility index (Phi) is 24.0. The molecule has 33 heavy (non-hydrogen) atoms. The third kappa shape index (κ3) is 23.2. The first-order valence-corrected chi connectivity index (χ1v) is 9.34. The molecule has 0 aliphatic carbocycles. The molecule has 5 N–H and O–H groups in total. The maximum absolute atomic E-state index is 10.1. The number of methoxy groups -OCH3 is 1. The molecule has 1 aromatic heterocycles. The first-order valence-electron chi connectivity index (χ1n) is 9.34. The van der Waals surface area contributed by atoms with E-state index < -0.39 is 5.60 Å². The van der Waals surface area contributed by atoms with Gasteiger partial charge >= 0.3 is 51.4 Å². The summed E-state index contributed by atoms with van der Waals surface area (Å²) in [6.07, 6.45) is 4.41. The van der Waals surface area contributed by atoms with Crippen molar-refractivity contribution in [2.75, 3.05) is 18.3 Å². The van der Waals surface area contributed by atoms with E-state index in [4.69, 9.17) is 18.1 Å². The minimum Gasteiger partial charge on any atom is -0.850 e. The summed E-state index contributed by atoms with van der Waals surface area (Å²) < 4.78 is 6.13. The van der Waals surface area contributed by atoms with Crippen molar-refractivity contribution in [3.8, 4) is 5.69 Å². The van der Waals surface area contributed by atoms with Gasteiger partial charge in [-0.3, -0.25) is 5.84 Å². The number of ether oxygens (including phenoxy) is 1. The Hall–Kier alpha value is -1.73. The zero-order chi connectivity index (χ0) is 23.5. The van der Waals surface area contributed by atoms with Crippen LogP contribution in [-0.2, 0) is 4.74 Å². The molecule has 8 nitrogen and oxygen atoms in total. The van der Waals surface area contributed by atoms with E-state index in [-0.39, 0.29) is 61.3 Å². The summed E-state index contributed by atoms with van der Waals surface area (Å²) in [5, 5.41) is 14.2. The second-order valence-corrected chi connectivity index (χ2v) is 6.79. The molecule has 0 spiro atoms. The molecule has 1 atom stereocenters. The number of hydrogen-bond donors (Lipinski definition) is 3. The molecule has 3 aromatic rings. The maximum atomic E-state index is 10.1. The molecule has 0 fully saturated rings. The minimum atomic E-state index is -0.750. The molecular weight excluding hydrogens is 462 g/mol. The van der Waals surface area contributed by atoms with E-state index >= 15 is 0 Å². The van der Waals surface area contributed by atoms with Crippen molar-refractivity contribution in [2.24, 2.45) is 5.84 Å². The van der Waals surface area contributed by atoms with Gasteiger partial charge in [0.2, 0.25) is 0 Å². The van der Waals surface area contributed by atoms with Gasteiger partial charge in [0.1, 0.15) is 5.82 Å². The fourth-order valence-electron chi connectivity index (χ4n) is 1.69. The summed E-state index contributed by atoms with van der Waals surface area (Å²) in [6.45, 7) is 11.1. The molecule has 1 heterocycles. The van der Waals surface area contributed by atoms with E-state index in [0.29, 0.717) is 5.82 Å². The quantitative estimate of drug-likeness (QED) is 0.122. The zero-order valence-corrected chi connectivity index (χ0v) is 24.6. The van der Waals surface area contributed by atoms with Gasteiger partial charge in [-0.05, 0) is 24.3 Å². The smallest absolute Gasteiger partial charge is 0.850 e. The summed E-state index contributed by atoms with van der Waals surface area (Å²) in [4.78, 5) is 2.87. The molecule has 0 radical (unpaired) electrons. The fourth-order valence-corrected chi connectivity index (χ4v) is 1.69. The van der Waals surface area contributed by atoms with Gasteiger partial charge < -0.3 is 21.0 Å². The van der Waals surface area contributed by atoms with E-state index in [2.05, 4.69) is 20.1 Å². The normalized spacial score (nSPS) is 9.00. The van der Waals surface area contributed by atoms with Gasteiger partial charge in [-0.25, -0.2) is 9.53 Å². The fraction of sp³-hybridized carbons (Fsp3) is 0.217. The largest absolute Gasteiger partial charge is 1.00 e. The number of nitrogens with zero attached hydrogens (tertiary/aromatic N) is 3. The third-order valence-electron chi connectivity index (χ3n) is 2.84. The molecule has 2 aromatic carbocycles. The average molecular weight is 497 g/mol. The summed E-state index contributed by atoms with van der Waals surface area (Å²) in [6, 6.07) is 21.2. The van der Waals surface area contributed by atoms with Crippen molar-refractivity contribution in [1.29, 1.82) is 0 Å². The second kappa shape index (κ2) is 22.1. The Morgan fingerprint density at radius 2 is 1.55 bits per heavy atom. The van der Waals surface area contributed by atoms with Crippen LogP contribution in [-0.4, -0.2) is 22.5 Å². The van der Waals surface area contributed by atoms with Crippen LogP contribution >= 0.6 is 9.90 Å². The Balaban J connectivity index is -0.000000380. The van der Waals surface area contributed by atoms with Crippen LogP contribution in [0.2, 0.25) is 0 Å². The van der Waals surface area contributed by atoms with Gasteiger partial charge in [-0.1, -0.05) is 57.2 Å². The van der Waals surface area contributed by atoms with Crippen molar-refractivity contribution in [3.63, 3.8) is 0 Å². The van der Waals surface area contributed by atoms with E-state index in [9.17, 15) is 5.11 Å². The molecule has 10 heteroatoms. The van der Waals surface area contributed by atoms with E-state index in [1.165, 1.54) is 19.6 Å². The van der Waals surface area contributed by atoms with Gasteiger partial charge in [0.05, 0.1) is 25.6 Å². The summed E-state index contributed by atoms with van der Waals surface area (Å²) in [5.74, 6) is 5.64. The summed E-state index contributed by atoms with van der Waals surface area (Å²) in [5.41, 5.74) is 9.22. The number of nitrogens with one attached hydrogen (secondary N) is 1. The number of aromatic nitrogens is 2. The predicted octanol–water partition coefficient (Wildman–Crippen LogP) is 0.657. The summed E-state index contributed by atoms with van der Waals surface area (Å²) >= 11 is 0. The van der Waals surface area contributed by atoms with Crippen LogP contribution in [0.4, 0.5) is 11.5 Å². The first-order chi connectivity index (χ1) is 14.7. The predicted molar refractivity (Wildman–Crippen MR) is 136 cm³/mol. The van der Waals surface area contributed by atoms with Crippen molar-refractivity contribution in [1.82, 2.24) is 9.78 Å². The number of nitrogens with two attached hydrogens (primary N) is 2. The number of anilines is 2. The number of rotatable bonds is 3. The third-order valence-corrected chi connectivity index (χ3v) is 2.84. The Labute approximate surface area is 243 Å². The SMILES string of the molecule is CC(C)(C)[O-].NNc1ccccc1.Nc1ccn(-c2ccccc2)n1.P.[C-]#[N+]/C=C/OC.[K+]. The topological polar surface area (TPSA) is 119 Å². The molecule has 174 valence electrons. The van der Waals surface area contributed by atoms with Crippen LogP contribution < -0.4 is 73.5 Å². The Morgan fingerprint density at radius 3 is 1.85 bits per heavy atom. The van der Waals surface area contributed by atoms with Crippen LogP contribution in [0.15, 0.2) is 85.4 Å². The Bertz CT molecular complexity index is 889. The van der Waals surface area contributed by atoms with Gasteiger partial charge in [0.25, 0.3) is 0 Å². The van der Waals surface area contributed by atoms with Gasteiger partial charge in [0.15, 0.2) is 6.20 Å². The van der Waals surface area contributed by atoms with Gasteiger partial charge in [-0.15, -0.1) is 5.60 Å². The first kappa shape index (κ1) is 35.8. The number of benzene rings is 2. The molecular formula is C23H34KN6O2P. The minimum absolute atomic E-state index is 0. The van der Waals surface area contributed by atoms with Crippen LogP contribution in [0.1, 0.15) is 20.8 Å². The van der Waals surface area contributed by atoms with E-state index in [0.717, 1.165) is 11.4 Å². The number of hydrazine groups is 1. The van der Waals surface area contributed by atoms with Crippen LogP contribution in [0.3, 0.4) is 0 Å². The molecule has 0 aliphatic rings. The monoisotopic (exact) mass is 496 g/mol. The van der Waals surface area contributed by atoms with Crippen molar-refractivity contribution >= 4 is 21.4 Å².